The largest absolute Gasteiger partial charge is 0.497 e. The van der Waals surface area contributed by atoms with Crippen molar-refractivity contribution in [3.8, 4) is 5.75 Å². The van der Waals surface area contributed by atoms with Gasteiger partial charge in [-0.05, 0) is 55.0 Å². The van der Waals surface area contributed by atoms with Gasteiger partial charge in [-0.15, -0.1) is 0 Å². The molecule has 0 atom stereocenters. The first kappa shape index (κ1) is 13.1. The minimum absolute atomic E-state index is 0.699. The minimum Gasteiger partial charge on any atom is -0.497 e. The highest BCUT2D eigenvalue weighted by atomic mass is 16.5. The van der Waals surface area contributed by atoms with Crippen molar-refractivity contribution in [2.24, 2.45) is 0 Å². The summed E-state index contributed by atoms with van der Waals surface area (Å²) >= 11 is 0. The molecule has 0 aromatic heterocycles. The van der Waals surface area contributed by atoms with E-state index in [2.05, 4.69) is 4.90 Å². The van der Waals surface area contributed by atoms with Gasteiger partial charge in [0.15, 0.2) is 0 Å². The second kappa shape index (κ2) is 5.57. The average molecular weight is 255 g/mol. The molecule has 2 rings (SSSR count). The number of anilines is 2. The van der Waals surface area contributed by atoms with E-state index in [0.29, 0.717) is 5.56 Å². The standard InChI is InChI=1S/C16H17NO2/c1-12-10-13(11-18)4-9-16(12)17(2)14-5-7-15(19-3)8-6-14/h4-11H,1-3H3. The first-order valence-corrected chi connectivity index (χ1v) is 6.09. The fraction of sp³-hybridized carbons (Fsp3) is 0.188. The van der Waals surface area contributed by atoms with Crippen LogP contribution in [0.2, 0.25) is 0 Å². The van der Waals surface area contributed by atoms with Crippen molar-refractivity contribution < 1.29 is 9.53 Å². The van der Waals surface area contributed by atoms with Crippen molar-refractivity contribution in [2.75, 3.05) is 19.1 Å². The van der Waals surface area contributed by atoms with Gasteiger partial charge in [-0.2, -0.15) is 0 Å². The van der Waals surface area contributed by atoms with Crippen LogP contribution in [0.5, 0.6) is 5.75 Å². The maximum atomic E-state index is 10.8. The zero-order chi connectivity index (χ0) is 13.8. The lowest BCUT2D eigenvalue weighted by Crippen LogP contribution is -2.10. The molecule has 0 aliphatic heterocycles. The Morgan fingerprint density at radius 3 is 2.32 bits per heavy atom. The summed E-state index contributed by atoms with van der Waals surface area (Å²) in [6, 6.07) is 13.6. The van der Waals surface area contributed by atoms with Crippen LogP contribution < -0.4 is 9.64 Å². The molecular weight excluding hydrogens is 238 g/mol. The third-order valence-corrected chi connectivity index (χ3v) is 3.18. The Bertz CT molecular complexity index is 576. The van der Waals surface area contributed by atoms with E-state index in [1.165, 1.54) is 0 Å². The fourth-order valence-electron chi connectivity index (χ4n) is 2.07. The summed E-state index contributed by atoms with van der Waals surface area (Å²) < 4.78 is 5.15. The van der Waals surface area contributed by atoms with E-state index < -0.39 is 0 Å². The summed E-state index contributed by atoms with van der Waals surface area (Å²) in [6.45, 7) is 2.00. The maximum absolute atomic E-state index is 10.8. The number of nitrogens with zero attached hydrogens (tertiary/aromatic N) is 1. The van der Waals surface area contributed by atoms with Crippen molar-refractivity contribution in [1.29, 1.82) is 0 Å². The zero-order valence-corrected chi connectivity index (χ0v) is 11.4. The summed E-state index contributed by atoms with van der Waals surface area (Å²) in [7, 11) is 3.66. The highest BCUT2D eigenvalue weighted by molar-refractivity contribution is 5.78. The number of hydrogen-bond donors (Lipinski definition) is 0. The van der Waals surface area contributed by atoms with Gasteiger partial charge < -0.3 is 9.64 Å². The molecule has 0 fully saturated rings. The smallest absolute Gasteiger partial charge is 0.150 e. The summed E-state index contributed by atoms with van der Waals surface area (Å²) in [5, 5.41) is 0. The molecule has 0 bridgehead atoms. The Morgan fingerprint density at radius 1 is 1.11 bits per heavy atom. The molecule has 0 N–H and O–H groups in total. The molecule has 0 spiro atoms. The number of hydrogen-bond acceptors (Lipinski definition) is 3. The van der Waals surface area contributed by atoms with Crippen molar-refractivity contribution in [2.45, 2.75) is 6.92 Å². The van der Waals surface area contributed by atoms with Gasteiger partial charge >= 0.3 is 0 Å². The molecule has 2 aromatic carbocycles. The Balaban J connectivity index is 2.32. The van der Waals surface area contributed by atoms with Gasteiger partial charge in [0.2, 0.25) is 0 Å². The molecule has 0 saturated heterocycles. The lowest BCUT2D eigenvalue weighted by molar-refractivity contribution is 0.112. The first-order valence-electron chi connectivity index (χ1n) is 6.09. The highest BCUT2D eigenvalue weighted by Gasteiger charge is 2.07. The van der Waals surface area contributed by atoms with Crippen LogP contribution in [0.25, 0.3) is 0 Å². The summed E-state index contributed by atoms with van der Waals surface area (Å²) in [5.41, 5.74) is 3.92. The fourth-order valence-corrected chi connectivity index (χ4v) is 2.07. The van der Waals surface area contributed by atoms with E-state index in [1.54, 1.807) is 7.11 Å². The van der Waals surface area contributed by atoms with E-state index in [9.17, 15) is 4.79 Å². The van der Waals surface area contributed by atoms with Gasteiger partial charge in [0.05, 0.1) is 7.11 Å². The Labute approximate surface area is 113 Å². The third kappa shape index (κ3) is 2.76. The van der Waals surface area contributed by atoms with Crippen LogP contribution in [0.3, 0.4) is 0 Å². The zero-order valence-electron chi connectivity index (χ0n) is 11.4. The Kier molecular flexibility index (Phi) is 3.85. The second-order valence-corrected chi connectivity index (χ2v) is 4.42. The molecule has 0 aliphatic carbocycles. The Morgan fingerprint density at radius 2 is 1.79 bits per heavy atom. The molecule has 0 unspecified atom stereocenters. The number of aldehydes is 1. The number of carbonyl (C=O) groups excluding carboxylic acids is 1. The van der Waals surface area contributed by atoms with E-state index in [1.807, 2.05) is 56.4 Å². The molecule has 0 radical (unpaired) electrons. The average Bonchev–Trinajstić information content (AvgIpc) is 2.46. The van der Waals surface area contributed by atoms with E-state index in [-0.39, 0.29) is 0 Å². The van der Waals surface area contributed by atoms with Gasteiger partial charge in [-0.25, -0.2) is 0 Å². The van der Waals surface area contributed by atoms with E-state index in [0.717, 1.165) is 29.0 Å². The van der Waals surface area contributed by atoms with Crippen LogP contribution in [0.4, 0.5) is 11.4 Å². The van der Waals surface area contributed by atoms with Crippen molar-refractivity contribution in [3.05, 3.63) is 53.6 Å². The quantitative estimate of drug-likeness (QED) is 0.782. The third-order valence-electron chi connectivity index (χ3n) is 3.18. The van der Waals surface area contributed by atoms with E-state index >= 15 is 0 Å². The predicted octanol–water partition coefficient (Wildman–Crippen LogP) is 3.58. The first-order chi connectivity index (χ1) is 9.15. The molecule has 19 heavy (non-hydrogen) atoms. The summed E-state index contributed by atoms with van der Waals surface area (Å²) in [6.07, 6.45) is 0.865. The van der Waals surface area contributed by atoms with Gasteiger partial charge in [0.1, 0.15) is 12.0 Å². The van der Waals surface area contributed by atoms with Gasteiger partial charge in [0.25, 0.3) is 0 Å². The minimum atomic E-state index is 0.699. The molecule has 98 valence electrons. The van der Waals surface area contributed by atoms with Crippen molar-refractivity contribution in [1.82, 2.24) is 0 Å². The van der Waals surface area contributed by atoms with Crippen LogP contribution in [0.1, 0.15) is 15.9 Å². The number of benzene rings is 2. The normalized spacial score (nSPS) is 10.1. The Hall–Kier alpha value is -2.29. The second-order valence-electron chi connectivity index (χ2n) is 4.42. The number of methoxy groups -OCH3 is 1. The van der Waals surface area contributed by atoms with Crippen molar-refractivity contribution >= 4 is 17.7 Å². The van der Waals surface area contributed by atoms with Gasteiger partial charge in [-0.1, -0.05) is 0 Å². The molecule has 2 aromatic rings. The number of ether oxygens (including phenoxy) is 1. The highest BCUT2D eigenvalue weighted by Crippen LogP contribution is 2.28. The molecule has 0 amide bonds. The van der Waals surface area contributed by atoms with Gasteiger partial charge in [0, 0.05) is 24.0 Å². The van der Waals surface area contributed by atoms with Crippen LogP contribution in [-0.4, -0.2) is 20.4 Å². The molecular formula is C16H17NO2. The van der Waals surface area contributed by atoms with Crippen LogP contribution in [-0.2, 0) is 0 Å². The van der Waals surface area contributed by atoms with Crippen molar-refractivity contribution in [3.63, 3.8) is 0 Å². The topological polar surface area (TPSA) is 29.5 Å². The summed E-state index contributed by atoms with van der Waals surface area (Å²) in [4.78, 5) is 12.8. The van der Waals surface area contributed by atoms with Crippen LogP contribution in [0.15, 0.2) is 42.5 Å². The maximum Gasteiger partial charge on any atom is 0.150 e. The molecule has 3 nitrogen and oxygen atoms in total. The molecule has 0 aliphatic rings. The predicted molar refractivity (Wildman–Crippen MR) is 77.6 cm³/mol. The number of rotatable bonds is 4. The lowest BCUT2D eigenvalue weighted by Gasteiger charge is -2.22. The monoisotopic (exact) mass is 255 g/mol. The number of carbonyl (C=O) groups is 1. The van der Waals surface area contributed by atoms with Gasteiger partial charge in [-0.3, -0.25) is 4.79 Å². The lowest BCUT2D eigenvalue weighted by atomic mass is 10.1. The number of aryl methyl sites for hydroxylation is 1. The van der Waals surface area contributed by atoms with Crippen LogP contribution >= 0.6 is 0 Å². The summed E-state index contributed by atoms with van der Waals surface area (Å²) in [5.74, 6) is 0.838. The van der Waals surface area contributed by atoms with Crippen LogP contribution in [0, 0.1) is 6.92 Å². The molecule has 0 saturated carbocycles. The molecule has 3 heteroatoms. The SMILES string of the molecule is COc1ccc(N(C)c2ccc(C=O)cc2C)cc1. The van der Waals surface area contributed by atoms with E-state index in [4.69, 9.17) is 4.74 Å². The molecule has 0 heterocycles.